The van der Waals surface area contributed by atoms with Gasteiger partial charge < -0.3 is 25.0 Å². The Kier molecular flexibility index (Phi) is 4.85. The van der Waals surface area contributed by atoms with Gasteiger partial charge in [0.05, 0.1) is 11.8 Å². The fourth-order valence-corrected chi connectivity index (χ4v) is 2.55. The number of likely N-dealkylation sites (tertiary alicyclic amines) is 1. The van der Waals surface area contributed by atoms with Crippen LogP contribution in [0, 0.1) is 6.92 Å². The van der Waals surface area contributed by atoms with Gasteiger partial charge in [-0.25, -0.2) is 9.59 Å². The molecule has 1 aromatic heterocycles. The van der Waals surface area contributed by atoms with Gasteiger partial charge in [-0.05, 0) is 32.8 Å². The van der Waals surface area contributed by atoms with E-state index >= 15 is 0 Å². The van der Waals surface area contributed by atoms with Crippen molar-refractivity contribution >= 4 is 17.7 Å². The number of carboxylic acid groups (broad SMARTS) is 1. The first-order valence-electron chi connectivity index (χ1n) is 7.11. The first-order valence-corrected chi connectivity index (χ1v) is 7.11. The molecule has 2 rings (SSSR count). The maximum absolute atomic E-state index is 12.3. The van der Waals surface area contributed by atoms with Crippen molar-refractivity contribution in [2.75, 3.05) is 25.0 Å². The molecule has 2 amide bonds. The van der Waals surface area contributed by atoms with Gasteiger partial charge in [0.25, 0.3) is 0 Å². The van der Waals surface area contributed by atoms with E-state index in [1.165, 1.54) is 0 Å². The van der Waals surface area contributed by atoms with E-state index in [1.54, 1.807) is 17.9 Å². The van der Waals surface area contributed by atoms with Crippen LogP contribution < -0.4 is 5.32 Å². The smallest absolute Gasteiger partial charge is 0.354 e. The summed E-state index contributed by atoms with van der Waals surface area (Å²) in [5.74, 6) is -1.09. The number of amides is 2. The number of rotatable bonds is 4. The second kappa shape index (κ2) is 6.62. The van der Waals surface area contributed by atoms with E-state index in [-0.39, 0.29) is 17.8 Å². The zero-order valence-corrected chi connectivity index (χ0v) is 12.3. The minimum absolute atomic E-state index is 0.000724. The number of anilines is 1. The minimum atomic E-state index is -1.09. The predicted molar refractivity (Wildman–Crippen MR) is 77.7 cm³/mol. The Labute approximate surface area is 123 Å². The summed E-state index contributed by atoms with van der Waals surface area (Å²) >= 11 is 0. The lowest BCUT2D eigenvalue weighted by molar-refractivity contribution is 0.0181. The van der Waals surface area contributed by atoms with Crippen LogP contribution in [0.5, 0.6) is 0 Å². The van der Waals surface area contributed by atoms with E-state index in [0.717, 1.165) is 12.8 Å². The van der Waals surface area contributed by atoms with Crippen molar-refractivity contribution in [2.24, 2.45) is 0 Å². The molecule has 1 saturated heterocycles. The van der Waals surface area contributed by atoms with Crippen LogP contribution in [-0.2, 0) is 4.74 Å². The Morgan fingerprint density at radius 3 is 3.00 bits per heavy atom. The van der Waals surface area contributed by atoms with Gasteiger partial charge in [-0.3, -0.25) is 0 Å². The standard InChI is InChI=1S/C14H21N3O4/c1-3-21-10-5-4-6-17(8-10)14(20)16-11-7-9(2)15-12(11)13(18)19/h7,10,15H,3-6,8H2,1-2H3,(H,16,20)(H,18,19). The number of urea groups is 1. The number of aryl methyl sites for hydroxylation is 1. The normalized spacial score (nSPS) is 18.6. The number of carbonyl (C=O) groups excluding carboxylic acids is 1. The number of aromatic carboxylic acids is 1. The quantitative estimate of drug-likeness (QED) is 0.792. The zero-order valence-electron chi connectivity index (χ0n) is 12.3. The molecule has 7 heteroatoms. The van der Waals surface area contributed by atoms with Gasteiger partial charge in [0.15, 0.2) is 0 Å². The maximum Gasteiger partial charge on any atom is 0.354 e. The summed E-state index contributed by atoms with van der Waals surface area (Å²) in [5.41, 5.74) is 0.983. The number of carboxylic acids is 1. The number of aromatic nitrogens is 1. The van der Waals surface area contributed by atoms with E-state index < -0.39 is 5.97 Å². The third kappa shape index (κ3) is 3.75. The largest absolute Gasteiger partial charge is 0.477 e. The Morgan fingerprint density at radius 1 is 1.57 bits per heavy atom. The lowest BCUT2D eigenvalue weighted by Gasteiger charge is -2.32. The van der Waals surface area contributed by atoms with Gasteiger partial charge in [0.2, 0.25) is 0 Å². The molecule has 0 aliphatic carbocycles. The number of aromatic amines is 1. The molecule has 1 fully saturated rings. The predicted octanol–water partition coefficient (Wildman–Crippen LogP) is 2.05. The summed E-state index contributed by atoms with van der Waals surface area (Å²) in [4.78, 5) is 27.8. The van der Waals surface area contributed by atoms with E-state index in [2.05, 4.69) is 10.3 Å². The number of nitrogens with zero attached hydrogens (tertiary/aromatic N) is 1. The summed E-state index contributed by atoms with van der Waals surface area (Å²) in [6.45, 7) is 5.49. The molecule has 7 nitrogen and oxygen atoms in total. The molecule has 1 aliphatic heterocycles. The third-order valence-corrected chi connectivity index (χ3v) is 3.48. The Balaban J connectivity index is 2.02. The van der Waals surface area contributed by atoms with Gasteiger partial charge in [0.1, 0.15) is 5.69 Å². The van der Waals surface area contributed by atoms with Crippen LogP contribution in [0.25, 0.3) is 0 Å². The minimum Gasteiger partial charge on any atom is -0.477 e. The second-order valence-corrected chi connectivity index (χ2v) is 5.14. The molecule has 1 aromatic rings. The average Bonchev–Trinajstić information content (AvgIpc) is 2.80. The molecule has 1 atom stereocenters. The van der Waals surface area contributed by atoms with Gasteiger partial charge in [-0.15, -0.1) is 0 Å². The van der Waals surface area contributed by atoms with Crippen LogP contribution in [-0.4, -0.2) is 52.8 Å². The van der Waals surface area contributed by atoms with Crippen molar-refractivity contribution in [2.45, 2.75) is 32.8 Å². The summed E-state index contributed by atoms with van der Waals surface area (Å²) in [6, 6.07) is 1.33. The molecular formula is C14H21N3O4. The maximum atomic E-state index is 12.3. The number of carbonyl (C=O) groups is 2. The number of hydrogen-bond acceptors (Lipinski definition) is 3. The number of H-pyrrole nitrogens is 1. The summed E-state index contributed by atoms with van der Waals surface area (Å²) in [6.07, 6.45) is 1.89. The lowest BCUT2D eigenvalue weighted by Crippen LogP contribution is -2.45. The monoisotopic (exact) mass is 295 g/mol. The third-order valence-electron chi connectivity index (χ3n) is 3.48. The Bertz CT molecular complexity index is 524. The highest BCUT2D eigenvalue weighted by Gasteiger charge is 2.25. The Hall–Kier alpha value is -2.02. The van der Waals surface area contributed by atoms with Gasteiger partial charge in [-0.2, -0.15) is 0 Å². The molecule has 2 heterocycles. The summed E-state index contributed by atoms with van der Waals surface area (Å²) < 4.78 is 5.56. The zero-order chi connectivity index (χ0) is 15.4. The van der Waals surface area contributed by atoms with E-state index in [0.29, 0.717) is 31.1 Å². The lowest BCUT2D eigenvalue weighted by atomic mass is 10.1. The average molecular weight is 295 g/mol. The first kappa shape index (κ1) is 15.4. The topological polar surface area (TPSA) is 94.7 Å². The first-order chi connectivity index (χ1) is 10.0. The van der Waals surface area contributed by atoms with Crippen molar-refractivity contribution in [1.82, 2.24) is 9.88 Å². The van der Waals surface area contributed by atoms with Crippen LogP contribution >= 0.6 is 0 Å². The molecule has 3 N–H and O–H groups in total. The van der Waals surface area contributed by atoms with Crippen LogP contribution in [0.2, 0.25) is 0 Å². The fraction of sp³-hybridized carbons (Fsp3) is 0.571. The second-order valence-electron chi connectivity index (χ2n) is 5.14. The van der Waals surface area contributed by atoms with Crippen molar-refractivity contribution in [3.63, 3.8) is 0 Å². The fourth-order valence-electron chi connectivity index (χ4n) is 2.55. The SMILES string of the molecule is CCOC1CCCN(C(=O)Nc2cc(C)[nH]c2C(=O)O)C1. The number of hydrogen-bond donors (Lipinski definition) is 3. The van der Waals surface area contributed by atoms with E-state index in [9.17, 15) is 9.59 Å². The highest BCUT2D eigenvalue weighted by molar-refractivity contribution is 5.99. The van der Waals surface area contributed by atoms with Gasteiger partial charge in [-0.1, -0.05) is 0 Å². The van der Waals surface area contributed by atoms with Gasteiger partial charge >= 0.3 is 12.0 Å². The van der Waals surface area contributed by atoms with Crippen LogP contribution in [0.15, 0.2) is 6.07 Å². The molecule has 0 saturated carbocycles. The number of ether oxygens (including phenoxy) is 1. The summed E-state index contributed by atoms with van der Waals surface area (Å²) in [7, 11) is 0. The van der Waals surface area contributed by atoms with Crippen LogP contribution in [0.1, 0.15) is 35.9 Å². The van der Waals surface area contributed by atoms with Crippen molar-refractivity contribution in [3.8, 4) is 0 Å². The number of piperidine rings is 1. The van der Waals surface area contributed by atoms with Gasteiger partial charge in [0, 0.05) is 25.4 Å². The highest BCUT2D eigenvalue weighted by atomic mass is 16.5. The molecule has 0 aromatic carbocycles. The molecule has 0 bridgehead atoms. The molecule has 1 aliphatic rings. The Morgan fingerprint density at radius 2 is 2.33 bits per heavy atom. The van der Waals surface area contributed by atoms with Crippen molar-refractivity contribution in [3.05, 3.63) is 17.5 Å². The van der Waals surface area contributed by atoms with Crippen LogP contribution in [0.4, 0.5) is 10.5 Å². The highest BCUT2D eigenvalue weighted by Crippen LogP contribution is 2.19. The van der Waals surface area contributed by atoms with Crippen molar-refractivity contribution < 1.29 is 19.4 Å². The van der Waals surface area contributed by atoms with E-state index in [4.69, 9.17) is 9.84 Å². The van der Waals surface area contributed by atoms with Crippen LogP contribution in [0.3, 0.4) is 0 Å². The molecule has 21 heavy (non-hydrogen) atoms. The van der Waals surface area contributed by atoms with E-state index in [1.807, 2.05) is 6.92 Å². The molecular weight excluding hydrogens is 274 g/mol. The molecule has 116 valence electrons. The molecule has 0 spiro atoms. The van der Waals surface area contributed by atoms with Crippen molar-refractivity contribution in [1.29, 1.82) is 0 Å². The summed E-state index contributed by atoms with van der Waals surface area (Å²) in [5, 5.41) is 11.8. The molecule has 1 unspecified atom stereocenters. The number of nitrogens with one attached hydrogen (secondary N) is 2. The molecule has 0 radical (unpaired) electrons.